The number of nitriles is 1. The molecule has 6 heteroatoms. The van der Waals surface area contributed by atoms with E-state index in [1.54, 1.807) is 4.31 Å². The van der Waals surface area contributed by atoms with Gasteiger partial charge in [0.25, 0.3) is 0 Å². The van der Waals surface area contributed by atoms with E-state index in [4.69, 9.17) is 11.0 Å². The van der Waals surface area contributed by atoms with E-state index >= 15 is 0 Å². The van der Waals surface area contributed by atoms with Crippen molar-refractivity contribution in [3.05, 3.63) is 23.8 Å². The standard InChI is InChI=1S/C14H19N3O2S/c1-3-12-6-4-10(2)17(12)20(18,19)14-7-5-11(9-15)8-13(14)16/h5,7-8,10,12H,3-4,6,16H2,1-2H3. The predicted molar refractivity (Wildman–Crippen MR) is 77.4 cm³/mol. The minimum Gasteiger partial charge on any atom is -0.398 e. The highest BCUT2D eigenvalue weighted by molar-refractivity contribution is 7.89. The zero-order valence-corrected chi connectivity index (χ0v) is 12.5. The molecule has 2 atom stereocenters. The first-order valence-electron chi connectivity index (χ1n) is 6.75. The number of nitrogens with two attached hydrogens (primary N) is 1. The Labute approximate surface area is 120 Å². The molecule has 1 aliphatic heterocycles. The SMILES string of the molecule is CCC1CCC(C)N1S(=O)(=O)c1ccc(C#N)cc1N. The predicted octanol–water partition coefficient (Wildman–Crippen LogP) is 2.09. The van der Waals surface area contributed by atoms with Crippen LogP contribution in [0.3, 0.4) is 0 Å². The molecule has 1 aliphatic rings. The molecule has 0 aromatic heterocycles. The summed E-state index contributed by atoms with van der Waals surface area (Å²) in [4.78, 5) is 0.101. The van der Waals surface area contributed by atoms with Crippen LogP contribution in [0.15, 0.2) is 23.1 Å². The third-order valence-corrected chi connectivity index (χ3v) is 6.02. The molecule has 0 aliphatic carbocycles. The maximum atomic E-state index is 12.8. The fraction of sp³-hybridized carbons (Fsp3) is 0.500. The van der Waals surface area contributed by atoms with Crippen molar-refractivity contribution in [1.29, 1.82) is 5.26 Å². The van der Waals surface area contributed by atoms with Crippen molar-refractivity contribution >= 4 is 15.7 Å². The lowest BCUT2D eigenvalue weighted by Crippen LogP contribution is -2.39. The fourth-order valence-electron chi connectivity index (χ4n) is 2.83. The Morgan fingerprint density at radius 1 is 1.45 bits per heavy atom. The van der Waals surface area contributed by atoms with Crippen LogP contribution in [0.1, 0.15) is 38.7 Å². The van der Waals surface area contributed by atoms with Gasteiger partial charge in [-0.25, -0.2) is 8.42 Å². The molecule has 0 radical (unpaired) electrons. The number of rotatable bonds is 3. The van der Waals surface area contributed by atoms with Crippen LogP contribution >= 0.6 is 0 Å². The Balaban J connectivity index is 2.48. The zero-order valence-electron chi connectivity index (χ0n) is 11.7. The Hall–Kier alpha value is -1.58. The van der Waals surface area contributed by atoms with Gasteiger partial charge in [-0.05, 0) is 44.4 Å². The summed E-state index contributed by atoms with van der Waals surface area (Å²) < 4.78 is 27.2. The smallest absolute Gasteiger partial charge is 0.245 e. The van der Waals surface area contributed by atoms with Crippen molar-refractivity contribution in [2.75, 3.05) is 5.73 Å². The van der Waals surface area contributed by atoms with Gasteiger partial charge in [-0.2, -0.15) is 9.57 Å². The second-order valence-corrected chi connectivity index (χ2v) is 7.00. The molecule has 1 aromatic carbocycles. The normalized spacial score (nSPS) is 23.6. The number of nitrogen functional groups attached to an aromatic ring is 1. The fourth-order valence-corrected chi connectivity index (χ4v) is 4.88. The number of nitrogens with zero attached hydrogens (tertiary/aromatic N) is 2. The van der Waals surface area contributed by atoms with E-state index in [2.05, 4.69) is 0 Å². The molecule has 0 amide bonds. The molecule has 1 heterocycles. The lowest BCUT2D eigenvalue weighted by molar-refractivity contribution is 0.329. The summed E-state index contributed by atoms with van der Waals surface area (Å²) in [6.45, 7) is 3.92. The topological polar surface area (TPSA) is 87.2 Å². The van der Waals surface area contributed by atoms with Crippen LogP contribution in [0.5, 0.6) is 0 Å². The molecule has 5 nitrogen and oxygen atoms in total. The summed E-state index contributed by atoms with van der Waals surface area (Å²) >= 11 is 0. The molecule has 1 saturated heterocycles. The molecular formula is C14H19N3O2S. The van der Waals surface area contributed by atoms with Crippen LogP contribution in [0.25, 0.3) is 0 Å². The summed E-state index contributed by atoms with van der Waals surface area (Å²) in [5, 5.41) is 8.82. The maximum Gasteiger partial charge on any atom is 0.245 e. The first kappa shape index (κ1) is 14.8. The molecular weight excluding hydrogens is 274 g/mol. The summed E-state index contributed by atoms with van der Waals surface area (Å²) in [5.74, 6) is 0. The van der Waals surface area contributed by atoms with E-state index in [-0.39, 0.29) is 22.7 Å². The summed E-state index contributed by atoms with van der Waals surface area (Å²) in [6.07, 6.45) is 2.54. The summed E-state index contributed by atoms with van der Waals surface area (Å²) in [7, 11) is -3.61. The molecule has 0 saturated carbocycles. The average molecular weight is 293 g/mol. The van der Waals surface area contributed by atoms with Crippen LogP contribution in [0.2, 0.25) is 0 Å². The number of anilines is 1. The Bertz CT molecular complexity index is 649. The second kappa shape index (κ2) is 5.43. The van der Waals surface area contributed by atoms with E-state index in [0.29, 0.717) is 5.56 Å². The number of hydrogen-bond donors (Lipinski definition) is 1. The Morgan fingerprint density at radius 3 is 2.70 bits per heavy atom. The lowest BCUT2D eigenvalue weighted by atomic mass is 10.2. The first-order valence-corrected chi connectivity index (χ1v) is 8.19. The van der Waals surface area contributed by atoms with E-state index in [1.165, 1.54) is 18.2 Å². The van der Waals surface area contributed by atoms with E-state index < -0.39 is 10.0 Å². The van der Waals surface area contributed by atoms with Gasteiger partial charge in [0.15, 0.2) is 0 Å². The van der Waals surface area contributed by atoms with Crippen molar-refractivity contribution in [3.63, 3.8) is 0 Å². The third-order valence-electron chi connectivity index (χ3n) is 3.88. The molecule has 0 bridgehead atoms. The van der Waals surface area contributed by atoms with Crippen LogP contribution < -0.4 is 5.73 Å². The van der Waals surface area contributed by atoms with Crippen molar-refractivity contribution < 1.29 is 8.42 Å². The molecule has 2 rings (SSSR count). The van der Waals surface area contributed by atoms with E-state index in [9.17, 15) is 8.42 Å². The van der Waals surface area contributed by atoms with Crippen LogP contribution in [-0.4, -0.2) is 24.8 Å². The van der Waals surface area contributed by atoms with Crippen molar-refractivity contribution in [2.24, 2.45) is 0 Å². The van der Waals surface area contributed by atoms with Gasteiger partial charge in [-0.3, -0.25) is 0 Å². The molecule has 2 N–H and O–H groups in total. The number of benzene rings is 1. The minimum absolute atomic E-state index is 0.0139. The van der Waals surface area contributed by atoms with E-state index in [0.717, 1.165) is 19.3 Å². The minimum atomic E-state index is -3.61. The Kier molecular flexibility index (Phi) is 4.02. The number of hydrogen-bond acceptors (Lipinski definition) is 4. The van der Waals surface area contributed by atoms with Crippen molar-refractivity contribution in [1.82, 2.24) is 4.31 Å². The molecule has 1 fully saturated rings. The average Bonchev–Trinajstić information content (AvgIpc) is 2.80. The van der Waals surface area contributed by atoms with Gasteiger partial charge in [0.2, 0.25) is 10.0 Å². The molecule has 20 heavy (non-hydrogen) atoms. The lowest BCUT2D eigenvalue weighted by Gasteiger charge is -2.27. The van der Waals surface area contributed by atoms with Gasteiger partial charge >= 0.3 is 0 Å². The van der Waals surface area contributed by atoms with Gasteiger partial charge in [-0.15, -0.1) is 0 Å². The van der Waals surface area contributed by atoms with Crippen molar-refractivity contribution in [3.8, 4) is 6.07 Å². The van der Waals surface area contributed by atoms with Gasteiger partial charge in [0.1, 0.15) is 4.90 Å². The van der Waals surface area contributed by atoms with Gasteiger partial charge < -0.3 is 5.73 Å². The highest BCUT2D eigenvalue weighted by Gasteiger charge is 2.39. The first-order chi connectivity index (χ1) is 9.41. The third kappa shape index (κ3) is 2.39. The van der Waals surface area contributed by atoms with Crippen molar-refractivity contribution in [2.45, 2.75) is 50.1 Å². The van der Waals surface area contributed by atoms with Crippen LogP contribution in [0.4, 0.5) is 5.69 Å². The molecule has 1 aromatic rings. The monoisotopic (exact) mass is 293 g/mol. The largest absolute Gasteiger partial charge is 0.398 e. The zero-order chi connectivity index (χ0) is 14.9. The second-order valence-electron chi connectivity index (χ2n) is 5.19. The number of sulfonamides is 1. The van der Waals surface area contributed by atoms with Gasteiger partial charge in [0, 0.05) is 12.1 Å². The molecule has 108 valence electrons. The van der Waals surface area contributed by atoms with Crippen LogP contribution in [-0.2, 0) is 10.0 Å². The van der Waals surface area contributed by atoms with Gasteiger partial charge in [-0.1, -0.05) is 6.92 Å². The summed E-state index contributed by atoms with van der Waals surface area (Å²) in [5.41, 5.74) is 6.33. The van der Waals surface area contributed by atoms with Gasteiger partial charge in [0.05, 0.1) is 17.3 Å². The maximum absolute atomic E-state index is 12.8. The van der Waals surface area contributed by atoms with Crippen LogP contribution in [0, 0.1) is 11.3 Å². The highest BCUT2D eigenvalue weighted by atomic mass is 32.2. The quantitative estimate of drug-likeness (QED) is 0.864. The Morgan fingerprint density at radius 2 is 2.15 bits per heavy atom. The summed E-state index contributed by atoms with van der Waals surface area (Å²) in [6, 6.07) is 6.31. The van der Waals surface area contributed by atoms with E-state index in [1.807, 2.05) is 19.9 Å². The molecule has 2 unspecified atom stereocenters. The highest BCUT2D eigenvalue weighted by Crippen LogP contribution is 2.34. The molecule has 0 spiro atoms.